The van der Waals surface area contributed by atoms with E-state index in [9.17, 15) is 4.79 Å². The molecule has 0 saturated carbocycles. The van der Waals surface area contributed by atoms with Crippen LogP contribution >= 0.6 is 15.9 Å². The van der Waals surface area contributed by atoms with Gasteiger partial charge in [-0.05, 0) is 94.1 Å². The number of fused-ring (bicyclic) bond motifs is 2. The highest BCUT2D eigenvalue weighted by molar-refractivity contribution is 9.10. The molecule has 0 spiro atoms. The van der Waals surface area contributed by atoms with E-state index in [0.29, 0.717) is 29.2 Å². The van der Waals surface area contributed by atoms with Gasteiger partial charge in [0.1, 0.15) is 17.2 Å². The molecule has 40 heavy (non-hydrogen) atoms. The van der Waals surface area contributed by atoms with Crippen LogP contribution in [0.4, 0.5) is 10.2 Å². The Balaban J connectivity index is 1.44. The van der Waals surface area contributed by atoms with Crippen molar-refractivity contribution < 1.29 is 9.18 Å². The van der Waals surface area contributed by atoms with Crippen molar-refractivity contribution in [2.75, 3.05) is 18.0 Å². The third kappa shape index (κ3) is 4.86. The number of carbonyl (C=O) groups excluding carboxylic acids is 1. The predicted octanol–water partition coefficient (Wildman–Crippen LogP) is 6.18. The average molecular weight is 603 g/mol. The van der Waals surface area contributed by atoms with Gasteiger partial charge >= 0.3 is 0 Å². The minimum atomic E-state index is -0.640. The molecule has 10 heteroatoms. The number of hydrogen-bond acceptors (Lipinski definition) is 6. The molecule has 204 valence electrons. The Morgan fingerprint density at radius 1 is 1.07 bits per heavy atom. The molecule has 0 radical (unpaired) electrons. The highest BCUT2D eigenvalue weighted by Gasteiger charge is 2.36. The van der Waals surface area contributed by atoms with E-state index >= 15 is 4.39 Å². The Labute approximate surface area is 240 Å². The van der Waals surface area contributed by atoms with Gasteiger partial charge < -0.3 is 0 Å². The molecular weight excluding hydrogens is 573 g/mol. The SMILES string of the molecule is CC(C)(C)N1CCC[C@@H](N(C(=O)c2ccc(-n3nnc4cccnc43)cc2F)c2nccc3cc(Br)ccc23)C1. The number of nitrogens with zero attached hydrogens (tertiary/aromatic N) is 7. The lowest BCUT2D eigenvalue weighted by molar-refractivity contribution is 0.0837. The van der Waals surface area contributed by atoms with Crippen LogP contribution in [0.5, 0.6) is 0 Å². The van der Waals surface area contributed by atoms with Crippen molar-refractivity contribution in [2.24, 2.45) is 0 Å². The Bertz CT molecular complexity index is 1730. The maximum atomic E-state index is 15.8. The first-order valence-corrected chi connectivity index (χ1v) is 14.1. The summed E-state index contributed by atoms with van der Waals surface area (Å²) in [6.07, 6.45) is 5.06. The highest BCUT2D eigenvalue weighted by Crippen LogP contribution is 2.33. The number of aromatic nitrogens is 5. The Hall–Kier alpha value is -3.76. The first kappa shape index (κ1) is 26.5. The van der Waals surface area contributed by atoms with E-state index < -0.39 is 11.7 Å². The van der Waals surface area contributed by atoms with Gasteiger partial charge in [0.15, 0.2) is 5.65 Å². The quantitative estimate of drug-likeness (QED) is 0.245. The zero-order chi connectivity index (χ0) is 28.0. The van der Waals surface area contributed by atoms with E-state index in [4.69, 9.17) is 0 Å². The largest absolute Gasteiger partial charge is 0.296 e. The first-order valence-electron chi connectivity index (χ1n) is 13.3. The zero-order valence-electron chi connectivity index (χ0n) is 22.6. The van der Waals surface area contributed by atoms with Crippen molar-refractivity contribution in [3.63, 3.8) is 0 Å². The van der Waals surface area contributed by atoms with Crippen molar-refractivity contribution >= 4 is 49.6 Å². The molecule has 8 nitrogen and oxygen atoms in total. The summed E-state index contributed by atoms with van der Waals surface area (Å²) in [5, 5.41) is 10.0. The van der Waals surface area contributed by atoms with Gasteiger partial charge in [-0.2, -0.15) is 4.68 Å². The van der Waals surface area contributed by atoms with Crippen molar-refractivity contribution in [2.45, 2.75) is 45.2 Å². The smallest absolute Gasteiger partial charge is 0.262 e. The van der Waals surface area contributed by atoms with E-state index in [1.165, 1.54) is 16.8 Å². The lowest BCUT2D eigenvalue weighted by Crippen LogP contribution is -2.55. The lowest BCUT2D eigenvalue weighted by Gasteiger charge is -2.44. The molecule has 1 fully saturated rings. The molecule has 1 aliphatic heterocycles. The summed E-state index contributed by atoms with van der Waals surface area (Å²) in [6, 6.07) is 15.7. The van der Waals surface area contributed by atoms with E-state index in [-0.39, 0.29) is 17.1 Å². The Morgan fingerprint density at radius 2 is 1.93 bits per heavy atom. The third-order valence-corrected chi connectivity index (χ3v) is 7.99. The summed E-state index contributed by atoms with van der Waals surface area (Å²) in [6.45, 7) is 8.14. The maximum absolute atomic E-state index is 15.8. The molecule has 2 aromatic carbocycles. The molecule has 5 aromatic rings. The molecule has 0 aliphatic carbocycles. The molecule has 1 atom stereocenters. The van der Waals surface area contributed by atoms with Gasteiger partial charge in [0.25, 0.3) is 5.91 Å². The number of amides is 1. The molecule has 0 N–H and O–H groups in total. The number of hydrogen-bond donors (Lipinski definition) is 0. The summed E-state index contributed by atoms with van der Waals surface area (Å²) in [5.41, 5.74) is 1.46. The normalized spacial score (nSPS) is 16.5. The van der Waals surface area contributed by atoms with E-state index in [1.807, 2.05) is 24.3 Å². The van der Waals surface area contributed by atoms with Crippen LogP contribution in [0, 0.1) is 5.82 Å². The van der Waals surface area contributed by atoms with E-state index in [1.54, 1.807) is 35.5 Å². The van der Waals surface area contributed by atoms with Crippen LogP contribution in [0.1, 0.15) is 44.0 Å². The number of anilines is 1. The first-order chi connectivity index (χ1) is 19.2. The number of piperidine rings is 1. The third-order valence-electron chi connectivity index (χ3n) is 7.50. The van der Waals surface area contributed by atoms with Gasteiger partial charge in [0.05, 0.1) is 17.3 Å². The number of rotatable bonds is 4. The summed E-state index contributed by atoms with van der Waals surface area (Å²) < 4.78 is 18.2. The highest BCUT2D eigenvalue weighted by atomic mass is 79.9. The van der Waals surface area contributed by atoms with Crippen LogP contribution in [0.15, 0.2) is 71.5 Å². The maximum Gasteiger partial charge on any atom is 0.262 e. The van der Waals surface area contributed by atoms with Crippen LogP contribution in [0.25, 0.3) is 27.6 Å². The van der Waals surface area contributed by atoms with Gasteiger partial charge in [-0.1, -0.05) is 21.1 Å². The number of pyridine rings is 2. The van der Waals surface area contributed by atoms with Crippen LogP contribution < -0.4 is 4.90 Å². The number of halogens is 2. The second kappa shape index (κ2) is 10.3. The van der Waals surface area contributed by atoms with Gasteiger partial charge in [0, 0.05) is 40.4 Å². The Morgan fingerprint density at radius 3 is 2.73 bits per heavy atom. The number of carbonyl (C=O) groups is 1. The minimum Gasteiger partial charge on any atom is -0.296 e. The minimum absolute atomic E-state index is 0.0232. The monoisotopic (exact) mass is 601 g/mol. The zero-order valence-corrected chi connectivity index (χ0v) is 24.1. The molecular formula is C30H29BrFN7O. The van der Waals surface area contributed by atoms with Crippen molar-refractivity contribution in [3.8, 4) is 5.69 Å². The summed E-state index contributed by atoms with van der Waals surface area (Å²) >= 11 is 3.54. The van der Waals surface area contributed by atoms with Crippen molar-refractivity contribution in [1.29, 1.82) is 0 Å². The molecule has 6 rings (SSSR count). The second-order valence-electron chi connectivity index (χ2n) is 11.1. The fourth-order valence-electron chi connectivity index (χ4n) is 5.41. The average Bonchev–Trinajstić information content (AvgIpc) is 3.37. The topological polar surface area (TPSA) is 80.0 Å². The van der Waals surface area contributed by atoms with Crippen molar-refractivity contribution in [3.05, 3.63) is 82.8 Å². The predicted molar refractivity (Wildman–Crippen MR) is 157 cm³/mol. The van der Waals surface area contributed by atoms with E-state index in [0.717, 1.165) is 34.6 Å². The fraction of sp³-hybridized carbons (Fsp3) is 0.300. The van der Waals surface area contributed by atoms with E-state index in [2.05, 4.69) is 61.9 Å². The van der Waals surface area contributed by atoms with Crippen molar-refractivity contribution in [1.82, 2.24) is 29.9 Å². The standard InChI is InChI=1S/C30H29BrFN7O/c1-30(2,3)37-15-5-6-22(18-37)38(27-23-10-8-20(31)16-19(23)12-14-34-27)29(40)24-11-9-21(17-25(24)32)39-28-26(35-36-39)7-4-13-33-28/h4,7-14,16-17,22H,5-6,15,18H2,1-3H3/t22-/m1/s1. The summed E-state index contributed by atoms with van der Waals surface area (Å²) in [4.78, 5) is 27.4. The van der Waals surface area contributed by atoms with Crippen LogP contribution in [-0.4, -0.2) is 60.4 Å². The fourth-order valence-corrected chi connectivity index (χ4v) is 5.79. The van der Waals surface area contributed by atoms with Gasteiger partial charge in [-0.3, -0.25) is 14.6 Å². The van der Waals surface area contributed by atoms with Gasteiger partial charge in [0.2, 0.25) is 0 Å². The van der Waals surface area contributed by atoms with Gasteiger partial charge in [-0.25, -0.2) is 14.4 Å². The Kier molecular flexibility index (Phi) is 6.83. The molecule has 1 amide bonds. The summed E-state index contributed by atoms with van der Waals surface area (Å²) in [7, 11) is 0. The summed E-state index contributed by atoms with van der Waals surface area (Å²) in [5.74, 6) is -0.529. The molecule has 1 saturated heterocycles. The second-order valence-corrected chi connectivity index (χ2v) is 12.0. The molecule has 4 heterocycles. The van der Waals surface area contributed by atoms with Crippen LogP contribution in [-0.2, 0) is 0 Å². The molecule has 0 unspecified atom stereocenters. The van der Waals surface area contributed by atoms with Crippen LogP contribution in [0.2, 0.25) is 0 Å². The molecule has 0 bridgehead atoms. The number of likely N-dealkylation sites (tertiary alicyclic amines) is 1. The van der Waals surface area contributed by atoms with Gasteiger partial charge in [-0.15, -0.1) is 5.10 Å². The van der Waals surface area contributed by atoms with Crippen LogP contribution in [0.3, 0.4) is 0 Å². The molecule has 3 aromatic heterocycles. The molecule has 1 aliphatic rings. The lowest BCUT2D eigenvalue weighted by atomic mass is 9.96. The number of benzene rings is 2.